The van der Waals surface area contributed by atoms with E-state index >= 15 is 0 Å². The van der Waals surface area contributed by atoms with E-state index in [0.717, 1.165) is 53.1 Å². The summed E-state index contributed by atoms with van der Waals surface area (Å²) in [5.41, 5.74) is 4.78. The number of anilines is 1. The van der Waals surface area contributed by atoms with Gasteiger partial charge in [0, 0.05) is 18.3 Å². The summed E-state index contributed by atoms with van der Waals surface area (Å²) in [6.07, 6.45) is 2.91. The summed E-state index contributed by atoms with van der Waals surface area (Å²) in [4.78, 5) is 13.1. The minimum Gasteiger partial charge on any atom is -0.482 e. The average molecular weight is 359 g/mol. The third-order valence-corrected chi connectivity index (χ3v) is 5.72. The van der Waals surface area contributed by atoms with Crippen LogP contribution in [0.2, 0.25) is 0 Å². The Labute approximate surface area is 158 Å². The first-order valence-corrected chi connectivity index (χ1v) is 9.32. The van der Waals surface area contributed by atoms with Gasteiger partial charge in [0.25, 0.3) is 5.91 Å². The van der Waals surface area contributed by atoms with Crippen LogP contribution >= 0.6 is 0 Å². The summed E-state index contributed by atoms with van der Waals surface area (Å²) in [5, 5.41) is 7.65. The first-order chi connectivity index (χ1) is 13.1. The van der Waals surface area contributed by atoms with Gasteiger partial charge >= 0.3 is 0 Å². The van der Waals surface area contributed by atoms with Crippen LogP contribution in [0.15, 0.2) is 48.5 Å². The number of hydrogen-bond acceptors (Lipinski definition) is 3. The molecule has 1 fully saturated rings. The SMILES string of the molecule is Cc1ccccc1NC(=O)c1nn(C)c2c1C1(CCC1)Oc1ccccc1-2. The summed E-state index contributed by atoms with van der Waals surface area (Å²) in [5.74, 6) is 0.689. The van der Waals surface area contributed by atoms with E-state index < -0.39 is 5.60 Å². The zero-order valence-electron chi connectivity index (χ0n) is 15.5. The van der Waals surface area contributed by atoms with Crippen molar-refractivity contribution in [2.45, 2.75) is 31.8 Å². The Morgan fingerprint density at radius 1 is 1.15 bits per heavy atom. The van der Waals surface area contributed by atoms with Gasteiger partial charge < -0.3 is 10.1 Å². The zero-order valence-corrected chi connectivity index (χ0v) is 15.5. The number of aryl methyl sites for hydroxylation is 2. The van der Waals surface area contributed by atoms with Crippen LogP contribution in [0.4, 0.5) is 5.69 Å². The van der Waals surface area contributed by atoms with Gasteiger partial charge in [0.05, 0.1) is 11.3 Å². The van der Waals surface area contributed by atoms with Gasteiger partial charge in [-0.1, -0.05) is 30.3 Å². The molecular weight excluding hydrogens is 338 g/mol. The fourth-order valence-electron chi connectivity index (χ4n) is 4.18. The number of aromatic nitrogens is 2. The van der Waals surface area contributed by atoms with E-state index in [-0.39, 0.29) is 5.91 Å². The number of para-hydroxylation sites is 2. The van der Waals surface area contributed by atoms with E-state index in [0.29, 0.717) is 5.69 Å². The molecule has 0 atom stereocenters. The molecule has 1 spiro atoms. The van der Waals surface area contributed by atoms with Gasteiger partial charge in [0.1, 0.15) is 11.4 Å². The minimum atomic E-state index is -0.434. The second-order valence-corrected chi connectivity index (χ2v) is 7.41. The summed E-state index contributed by atoms with van der Waals surface area (Å²) in [6.45, 7) is 1.98. The smallest absolute Gasteiger partial charge is 0.276 e. The Morgan fingerprint density at radius 3 is 2.63 bits per heavy atom. The Morgan fingerprint density at radius 2 is 1.89 bits per heavy atom. The Bertz CT molecular complexity index is 1060. The van der Waals surface area contributed by atoms with Crippen LogP contribution < -0.4 is 10.1 Å². The standard InChI is InChI=1S/C22H21N3O2/c1-14-8-3-5-10-16(14)23-21(26)19-18-20(25(2)24-19)15-9-4-6-11-17(15)27-22(18)12-7-13-22/h3-6,8-11H,7,12-13H2,1-2H3,(H,23,26). The number of carbonyl (C=O) groups excluding carboxylic acids is 1. The topological polar surface area (TPSA) is 56.2 Å². The van der Waals surface area contributed by atoms with Gasteiger partial charge in [0.2, 0.25) is 0 Å². The fourth-order valence-corrected chi connectivity index (χ4v) is 4.18. The van der Waals surface area contributed by atoms with Crippen LogP contribution in [-0.2, 0) is 12.6 Å². The largest absolute Gasteiger partial charge is 0.482 e. The molecule has 0 saturated heterocycles. The van der Waals surface area contributed by atoms with Crippen molar-refractivity contribution in [2.24, 2.45) is 7.05 Å². The van der Waals surface area contributed by atoms with Gasteiger partial charge in [-0.3, -0.25) is 9.48 Å². The first kappa shape index (κ1) is 16.1. The summed E-state index contributed by atoms with van der Waals surface area (Å²) < 4.78 is 8.25. The summed E-state index contributed by atoms with van der Waals surface area (Å²) in [6, 6.07) is 15.8. The van der Waals surface area contributed by atoms with Crippen LogP contribution in [0.3, 0.4) is 0 Å². The molecule has 1 N–H and O–H groups in total. The molecule has 0 unspecified atom stereocenters. The zero-order chi connectivity index (χ0) is 18.6. The van der Waals surface area contributed by atoms with Crippen molar-refractivity contribution < 1.29 is 9.53 Å². The molecule has 1 aromatic heterocycles. The predicted molar refractivity (Wildman–Crippen MR) is 104 cm³/mol. The van der Waals surface area contributed by atoms with Crippen LogP contribution in [0.25, 0.3) is 11.3 Å². The number of nitrogens with zero attached hydrogens (tertiary/aromatic N) is 2. The third-order valence-electron chi connectivity index (χ3n) is 5.72. The number of amides is 1. The molecule has 1 amide bonds. The highest BCUT2D eigenvalue weighted by atomic mass is 16.5. The molecule has 1 aliphatic carbocycles. The van der Waals surface area contributed by atoms with Gasteiger partial charge in [-0.25, -0.2) is 0 Å². The molecule has 5 rings (SSSR count). The number of benzene rings is 2. The van der Waals surface area contributed by atoms with E-state index in [1.807, 2.05) is 67.2 Å². The molecule has 27 heavy (non-hydrogen) atoms. The molecule has 5 nitrogen and oxygen atoms in total. The fraction of sp³-hybridized carbons (Fsp3) is 0.273. The maximum absolute atomic E-state index is 13.1. The molecule has 2 heterocycles. The molecule has 136 valence electrons. The van der Waals surface area contributed by atoms with E-state index in [1.54, 1.807) is 0 Å². The minimum absolute atomic E-state index is 0.185. The van der Waals surface area contributed by atoms with Crippen LogP contribution in [-0.4, -0.2) is 15.7 Å². The first-order valence-electron chi connectivity index (χ1n) is 9.32. The lowest BCUT2D eigenvalue weighted by molar-refractivity contribution is -0.0150. The van der Waals surface area contributed by atoms with Gasteiger partial charge in [-0.2, -0.15) is 5.10 Å². The van der Waals surface area contributed by atoms with Crippen molar-refractivity contribution in [1.29, 1.82) is 0 Å². The normalized spacial score (nSPS) is 16.1. The number of carbonyl (C=O) groups is 1. The molecule has 5 heteroatoms. The van der Waals surface area contributed by atoms with Crippen molar-refractivity contribution in [3.8, 4) is 17.0 Å². The van der Waals surface area contributed by atoms with Crippen LogP contribution in [0.1, 0.15) is 40.9 Å². The maximum atomic E-state index is 13.1. The van der Waals surface area contributed by atoms with E-state index in [4.69, 9.17) is 4.74 Å². The molecule has 3 aromatic rings. The Hall–Kier alpha value is -3.08. The van der Waals surface area contributed by atoms with E-state index in [2.05, 4.69) is 10.4 Å². The molecule has 2 aliphatic rings. The van der Waals surface area contributed by atoms with Crippen LogP contribution in [0, 0.1) is 6.92 Å². The van der Waals surface area contributed by atoms with Crippen LogP contribution in [0.5, 0.6) is 5.75 Å². The molecule has 1 saturated carbocycles. The second kappa shape index (κ2) is 5.71. The third kappa shape index (κ3) is 2.31. The highest BCUT2D eigenvalue weighted by Gasteiger charge is 2.50. The maximum Gasteiger partial charge on any atom is 0.276 e. The summed E-state index contributed by atoms with van der Waals surface area (Å²) >= 11 is 0. The molecule has 0 bridgehead atoms. The quantitative estimate of drug-likeness (QED) is 0.737. The van der Waals surface area contributed by atoms with Crippen molar-refractivity contribution in [1.82, 2.24) is 9.78 Å². The number of fused-ring (bicyclic) bond motifs is 4. The number of ether oxygens (including phenoxy) is 1. The lowest BCUT2D eigenvalue weighted by Gasteiger charge is -2.45. The number of hydrogen-bond donors (Lipinski definition) is 1. The van der Waals surface area contributed by atoms with E-state index in [1.165, 1.54) is 0 Å². The monoisotopic (exact) mass is 359 g/mol. The predicted octanol–water partition coefficient (Wildman–Crippen LogP) is 4.42. The lowest BCUT2D eigenvalue weighted by atomic mass is 9.71. The molecule has 2 aromatic carbocycles. The molecule has 1 aliphatic heterocycles. The van der Waals surface area contributed by atoms with Crippen molar-refractivity contribution in [3.63, 3.8) is 0 Å². The van der Waals surface area contributed by atoms with Crippen molar-refractivity contribution in [3.05, 3.63) is 65.4 Å². The Balaban J connectivity index is 1.64. The molecular formula is C22H21N3O2. The van der Waals surface area contributed by atoms with Gasteiger partial charge in [-0.05, 0) is 49.9 Å². The van der Waals surface area contributed by atoms with Gasteiger partial charge in [-0.15, -0.1) is 0 Å². The number of nitrogens with one attached hydrogen (secondary N) is 1. The van der Waals surface area contributed by atoms with E-state index in [9.17, 15) is 4.79 Å². The van der Waals surface area contributed by atoms with Gasteiger partial charge in [0.15, 0.2) is 5.69 Å². The highest BCUT2D eigenvalue weighted by Crippen LogP contribution is 2.54. The summed E-state index contributed by atoms with van der Waals surface area (Å²) in [7, 11) is 1.90. The van der Waals surface area contributed by atoms with Crippen molar-refractivity contribution in [2.75, 3.05) is 5.32 Å². The molecule has 0 radical (unpaired) electrons. The Kier molecular flexibility index (Phi) is 3.41. The second-order valence-electron chi connectivity index (χ2n) is 7.41. The lowest BCUT2D eigenvalue weighted by Crippen LogP contribution is -2.43. The number of rotatable bonds is 2. The van der Waals surface area contributed by atoms with Crippen molar-refractivity contribution >= 4 is 11.6 Å². The average Bonchev–Trinajstić information content (AvgIpc) is 3.00. The highest BCUT2D eigenvalue weighted by molar-refractivity contribution is 6.06.